The molecule has 2 fully saturated rings. The summed E-state index contributed by atoms with van der Waals surface area (Å²) in [5, 5.41) is 9.06. The molecule has 0 radical (unpaired) electrons. The van der Waals surface area contributed by atoms with Gasteiger partial charge in [-0.1, -0.05) is 13.8 Å². The summed E-state index contributed by atoms with van der Waals surface area (Å²) in [6.07, 6.45) is 3.98. The van der Waals surface area contributed by atoms with Gasteiger partial charge in [0.05, 0.1) is 0 Å². The van der Waals surface area contributed by atoms with Crippen LogP contribution in [0, 0.1) is 11.8 Å². The van der Waals surface area contributed by atoms with Gasteiger partial charge in [0.25, 0.3) is 0 Å². The van der Waals surface area contributed by atoms with Crippen molar-refractivity contribution in [2.24, 2.45) is 11.8 Å². The Labute approximate surface area is 116 Å². The van der Waals surface area contributed by atoms with Crippen LogP contribution in [0.1, 0.15) is 40.0 Å². The van der Waals surface area contributed by atoms with Crippen LogP contribution in [0.25, 0.3) is 0 Å². The van der Waals surface area contributed by atoms with Gasteiger partial charge in [0, 0.05) is 32.2 Å². The molecule has 4 unspecified atom stereocenters. The first kappa shape index (κ1) is 14.8. The molecule has 1 heterocycles. The van der Waals surface area contributed by atoms with Crippen LogP contribution in [-0.2, 0) is 4.79 Å². The van der Waals surface area contributed by atoms with Crippen LogP contribution in [-0.4, -0.2) is 59.1 Å². The van der Waals surface area contributed by atoms with E-state index in [4.69, 9.17) is 5.11 Å². The average molecular weight is 268 g/mol. The van der Waals surface area contributed by atoms with Gasteiger partial charge in [-0.15, -0.1) is 0 Å². The molecule has 4 heteroatoms. The van der Waals surface area contributed by atoms with Crippen molar-refractivity contribution in [2.45, 2.75) is 52.1 Å². The van der Waals surface area contributed by atoms with E-state index in [2.05, 4.69) is 23.6 Å². The maximum Gasteiger partial charge on any atom is 0.320 e. The Morgan fingerprint density at radius 3 is 2.26 bits per heavy atom. The molecule has 2 aliphatic rings. The maximum atomic E-state index is 11.0. The van der Waals surface area contributed by atoms with Crippen LogP contribution in [0.15, 0.2) is 0 Å². The second-order valence-electron chi connectivity index (χ2n) is 6.51. The Morgan fingerprint density at radius 2 is 1.74 bits per heavy atom. The van der Waals surface area contributed by atoms with Crippen LogP contribution >= 0.6 is 0 Å². The molecular weight excluding hydrogens is 240 g/mol. The second-order valence-corrected chi connectivity index (χ2v) is 6.51. The van der Waals surface area contributed by atoms with Gasteiger partial charge in [0.1, 0.15) is 6.04 Å². The molecule has 0 aromatic carbocycles. The van der Waals surface area contributed by atoms with Crippen molar-refractivity contribution in [2.75, 3.05) is 26.2 Å². The van der Waals surface area contributed by atoms with E-state index in [1.54, 1.807) is 6.92 Å². The Bertz CT molecular complexity index is 313. The number of carbonyl (C=O) groups is 1. The molecular formula is C15H28N2O2. The van der Waals surface area contributed by atoms with Gasteiger partial charge in [0.15, 0.2) is 0 Å². The van der Waals surface area contributed by atoms with Crippen molar-refractivity contribution in [1.82, 2.24) is 9.80 Å². The molecule has 0 amide bonds. The zero-order valence-corrected chi connectivity index (χ0v) is 12.5. The average Bonchev–Trinajstić information content (AvgIpc) is 2.41. The first-order chi connectivity index (χ1) is 8.99. The lowest BCUT2D eigenvalue weighted by molar-refractivity contribution is -0.143. The molecule has 1 aliphatic carbocycles. The van der Waals surface area contributed by atoms with E-state index in [0.29, 0.717) is 0 Å². The molecule has 1 aliphatic heterocycles. The van der Waals surface area contributed by atoms with Crippen LogP contribution < -0.4 is 0 Å². The van der Waals surface area contributed by atoms with Crippen molar-refractivity contribution in [3.05, 3.63) is 0 Å². The normalized spacial score (nSPS) is 36.1. The minimum absolute atomic E-state index is 0.340. The predicted octanol–water partition coefficient (Wildman–Crippen LogP) is 1.90. The summed E-state index contributed by atoms with van der Waals surface area (Å²) in [5.41, 5.74) is 0. The minimum atomic E-state index is -0.700. The lowest BCUT2D eigenvalue weighted by Crippen LogP contribution is -2.55. The molecule has 4 nitrogen and oxygen atoms in total. The SMILES string of the molecule is CC1CCC(N2CCN(C(C)C(=O)O)CC2)CC1C. The van der Waals surface area contributed by atoms with Crippen molar-refractivity contribution >= 4 is 5.97 Å². The summed E-state index contributed by atoms with van der Waals surface area (Å²) in [7, 11) is 0. The number of nitrogens with zero attached hydrogens (tertiary/aromatic N) is 2. The standard InChI is InChI=1S/C15H28N2O2/c1-11-4-5-14(10-12(11)2)17-8-6-16(7-9-17)13(3)15(18)19/h11-14H,4-10H2,1-3H3,(H,18,19). The summed E-state index contributed by atoms with van der Waals surface area (Å²) >= 11 is 0. The Hall–Kier alpha value is -0.610. The quantitative estimate of drug-likeness (QED) is 0.849. The number of hydrogen-bond acceptors (Lipinski definition) is 3. The second kappa shape index (κ2) is 6.23. The fourth-order valence-corrected chi connectivity index (χ4v) is 3.50. The summed E-state index contributed by atoms with van der Waals surface area (Å²) in [5.74, 6) is 0.993. The Kier molecular flexibility index (Phi) is 4.85. The van der Waals surface area contributed by atoms with Gasteiger partial charge in [-0.3, -0.25) is 14.6 Å². The largest absolute Gasteiger partial charge is 0.480 e. The predicted molar refractivity (Wildman–Crippen MR) is 76.2 cm³/mol. The summed E-state index contributed by atoms with van der Waals surface area (Å²) in [6, 6.07) is 0.390. The van der Waals surface area contributed by atoms with Crippen molar-refractivity contribution in [1.29, 1.82) is 0 Å². The van der Waals surface area contributed by atoms with Gasteiger partial charge in [0.2, 0.25) is 0 Å². The molecule has 1 saturated heterocycles. The first-order valence-corrected chi connectivity index (χ1v) is 7.70. The van der Waals surface area contributed by atoms with E-state index in [1.807, 2.05) is 0 Å². The van der Waals surface area contributed by atoms with E-state index in [0.717, 1.165) is 44.1 Å². The number of hydrogen-bond donors (Lipinski definition) is 1. The van der Waals surface area contributed by atoms with E-state index in [9.17, 15) is 4.79 Å². The molecule has 19 heavy (non-hydrogen) atoms. The number of aliphatic carboxylic acids is 1. The van der Waals surface area contributed by atoms with E-state index >= 15 is 0 Å². The smallest absolute Gasteiger partial charge is 0.320 e. The summed E-state index contributed by atoms with van der Waals surface area (Å²) in [6.45, 7) is 10.4. The van der Waals surface area contributed by atoms with Crippen molar-refractivity contribution in [3.63, 3.8) is 0 Å². The third kappa shape index (κ3) is 3.48. The number of carboxylic acid groups (broad SMARTS) is 1. The first-order valence-electron chi connectivity index (χ1n) is 7.70. The molecule has 110 valence electrons. The monoisotopic (exact) mass is 268 g/mol. The number of piperazine rings is 1. The highest BCUT2D eigenvalue weighted by atomic mass is 16.4. The lowest BCUT2D eigenvalue weighted by Gasteiger charge is -2.44. The van der Waals surface area contributed by atoms with Gasteiger partial charge < -0.3 is 5.11 Å². The highest BCUT2D eigenvalue weighted by Gasteiger charge is 2.32. The summed E-state index contributed by atoms with van der Waals surface area (Å²) < 4.78 is 0. The van der Waals surface area contributed by atoms with Crippen LogP contribution in [0.2, 0.25) is 0 Å². The zero-order valence-electron chi connectivity index (χ0n) is 12.5. The fraction of sp³-hybridized carbons (Fsp3) is 0.933. The lowest BCUT2D eigenvalue weighted by atomic mass is 9.78. The van der Waals surface area contributed by atoms with E-state index in [-0.39, 0.29) is 6.04 Å². The summed E-state index contributed by atoms with van der Waals surface area (Å²) in [4.78, 5) is 15.7. The third-order valence-electron chi connectivity index (χ3n) is 5.34. The topological polar surface area (TPSA) is 43.8 Å². The maximum absolute atomic E-state index is 11.0. The van der Waals surface area contributed by atoms with Gasteiger partial charge in [-0.25, -0.2) is 0 Å². The molecule has 4 atom stereocenters. The van der Waals surface area contributed by atoms with Gasteiger partial charge >= 0.3 is 5.97 Å². The highest BCUT2D eigenvalue weighted by molar-refractivity contribution is 5.72. The molecule has 0 spiro atoms. The van der Waals surface area contributed by atoms with Gasteiger partial charge in [-0.2, -0.15) is 0 Å². The molecule has 1 saturated carbocycles. The zero-order chi connectivity index (χ0) is 14.0. The van der Waals surface area contributed by atoms with Crippen LogP contribution in [0.4, 0.5) is 0 Å². The molecule has 0 aromatic rings. The number of rotatable bonds is 3. The van der Waals surface area contributed by atoms with Crippen molar-refractivity contribution in [3.8, 4) is 0 Å². The molecule has 1 N–H and O–H groups in total. The van der Waals surface area contributed by atoms with Crippen LogP contribution in [0.3, 0.4) is 0 Å². The van der Waals surface area contributed by atoms with Crippen LogP contribution in [0.5, 0.6) is 0 Å². The van der Waals surface area contributed by atoms with E-state index in [1.165, 1.54) is 19.3 Å². The molecule has 2 rings (SSSR count). The highest BCUT2D eigenvalue weighted by Crippen LogP contribution is 2.32. The van der Waals surface area contributed by atoms with Crippen molar-refractivity contribution < 1.29 is 9.90 Å². The third-order valence-corrected chi connectivity index (χ3v) is 5.34. The van der Waals surface area contributed by atoms with Gasteiger partial charge in [-0.05, 0) is 38.0 Å². The Balaban J connectivity index is 1.82. The molecule has 0 bridgehead atoms. The molecule has 0 aromatic heterocycles. The Morgan fingerprint density at radius 1 is 1.11 bits per heavy atom. The fourth-order valence-electron chi connectivity index (χ4n) is 3.50. The van der Waals surface area contributed by atoms with E-state index < -0.39 is 5.97 Å². The number of carboxylic acids is 1. The minimum Gasteiger partial charge on any atom is -0.480 e.